The zero-order valence-corrected chi connectivity index (χ0v) is 6.63. The predicted octanol–water partition coefficient (Wildman–Crippen LogP) is 3.09. The fraction of sp³-hybridized carbons (Fsp3) is 0.857. The van der Waals surface area contributed by atoms with E-state index in [2.05, 4.69) is 19.6 Å². The van der Waals surface area contributed by atoms with Crippen LogP contribution < -0.4 is 0 Å². The molecule has 0 aliphatic rings. The van der Waals surface area contributed by atoms with E-state index < -0.39 is 0 Å². The van der Waals surface area contributed by atoms with Crippen LogP contribution in [0.3, 0.4) is 0 Å². The van der Waals surface area contributed by atoms with E-state index in [1.54, 1.807) is 0 Å². The van der Waals surface area contributed by atoms with Crippen LogP contribution in [0.15, 0.2) is 0 Å². The highest BCUT2D eigenvalue weighted by Gasteiger charge is 1.83. The largest absolute Gasteiger partial charge is 0.157 e. The van der Waals surface area contributed by atoms with Gasteiger partial charge in [0.15, 0.2) is 0 Å². The molecule has 0 bridgehead atoms. The molecule has 0 aliphatic heterocycles. The lowest BCUT2D eigenvalue weighted by atomic mass is 10.4. The van der Waals surface area contributed by atoms with Crippen LogP contribution >= 0.6 is 11.8 Å². The maximum atomic E-state index is 2.31. The third-order valence-corrected chi connectivity index (χ3v) is 1.96. The van der Waals surface area contributed by atoms with Crippen LogP contribution in [0.5, 0.6) is 0 Å². The zero-order chi connectivity index (χ0) is 6.24. The molecule has 0 saturated heterocycles. The highest BCUT2D eigenvalue weighted by molar-refractivity contribution is 8.01. The van der Waals surface area contributed by atoms with Gasteiger partial charge in [0, 0.05) is 5.75 Å². The summed E-state index contributed by atoms with van der Waals surface area (Å²) in [5.41, 5.74) is 0. The summed E-state index contributed by atoms with van der Waals surface area (Å²) in [5, 5.41) is 0. The molecule has 0 N–H and O–H groups in total. The van der Waals surface area contributed by atoms with Gasteiger partial charge in [-0.05, 0) is 18.6 Å². The average Bonchev–Trinajstić information content (AvgIpc) is 1.81. The number of hydrogen-bond acceptors (Lipinski definition) is 1. The smallest absolute Gasteiger partial charge is 0.0166 e. The van der Waals surface area contributed by atoms with Gasteiger partial charge < -0.3 is 0 Å². The number of rotatable bonds is 5. The van der Waals surface area contributed by atoms with Gasteiger partial charge >= 0.3 is 0 Å². The van der Waals surface area contributed by atoms with Crippen molar-refractivity contribution in [1.29, 1.82) is 0 Å². The standard InChI is InChI=1S/C7H15S/c1-3-5-7-8-6-4-2/h7H,3-6H2,1-2H3. The second-order valence-electron chi connectivity index (χ2n) is 1.83. The van der Waals surface area contributed by atoms with Crippen molar-refractivity contribution < 1.29 is 0 Å². The van der Waals surface area contributed by atoms with Gasteiger partial charge in [-0.15, -0.1) is 0 Å². The first-order valence-corrected chi connectivity index (χ1v) is 4.40. The van der Waals surface area contributed by atoms with Gasteiger partial charge in [-0.2, -0.15) is 11.8 Å². The highest BCUT2D eigenvalue weighted by Crippen LogP contribution is 2.10. The molecule has 0 nitrogen and oxygen atoms in total. The van der Waals surface area contributed by atoms with E-state index >= 15 is 0 Å². The lowest BCUT2D eigenvalue weighted by Gasteiger charge is -1.93. The van der Waals surface area contributed by atoms with Crippen LogP contribution in [0.25, 0.3) is 0 Å². The number of hydrogen-bond donors (Lipinski definition) is 0. The molecule has 0 unspecified atom stereocenters. The monoisotopic (exact) mass is 131 g/mol. The summed E-state index contributed by atoms with van der Waals surface area (Å²) >= 11 is 1.95. The van der Waals surface area contributed by atoms with E-state index in [9.17, 15) is 0 Å². The van der Waals surface area contributed by atoms with Crippen LogP contribution in [0, 0.1) is 5.75 Å². The Morgan fingerprint density at radius 1 is 1.25 bits per heavy atom. The Kier molecular flexibility index (Phi) is 7.67. The van der Waals surface area contributed by atoms with Gasteiger partial charge in [0.25, 0.3) is 0 Å². The maximum Gasteiger partial charge on any atom is 0.0166 e. The first kappa shape index (κ1) is 8.35. The molecular formula is C7H15S. The van der Waals surface area contributed by atoms with E-state index in [-0.39, 0.29) is 0 Å². The van der Waals surface area contributed by atoms with Crippen LogP contribution in [0.2, 0.25) is 0 Å². The van der Waals surface area contributed by atoms with Crippen molar-refractivity contribution in [2.45, 2.75) is 33.1 Å². The Hall–Kier alpha value is 0.350. The lowest BCUT2D eigenvalue weighted by Crippen LogP contribution is -1.73. The number of unbranched alkanes of at least 4 members (excludes halogenated alkanes) is 1. The molecule has 1 heteroatoms. The van der Waals surface area contributed by atoms with Gasteiger partial charge in [0.2, 0.25) is 0 Å². The van der Waals surface area contributed by atoms with Crippen molar-refractivity contribution in [3.05, 3.63) is 5.75 Å². The molecule has 0 aliphatic carbocycles. The molecule has 8 heavy (non-hydrogen) atoms. The summed E-state index contributed by atoms with van der Waals surface area (Å²) in [6.45, 7) is 4.43. The molecule has 0 fully saturated rings. The zero-order valence-electron chi connectivity index (χ0n) is 5.81. The van der Waals surface area contributed by atoms with Crippen molar-refractivity contribution in [2.75, 3.05) is 5.75 Å². The average molecular weight is 131 g/mol. The third-order valence-electron chi connectivity index (χ3n) is 0.846. The van der Waals surface area contributed by atoms with Crippen molar-refractivity contribution in [3.63, 3.8) is 0 Å². The van der Waals surface area contributed by atoms with Gasteiger partial charge in [-0.3, -0.25) is 0 Å². The number of thioether (sulfide) groups is 1. The molecular weight excluding hydrogens is 116 g/mol. The Bertz CT molecular complexity index is 29.4. The minimum absolute atomic E-state index is 1.27. The van der Waals surface area contributed by atoms with Gasteiger partial charge in [0.1, 0.15) is 0 Å². The van der Waals surface area contributed by atoms with Crippen LogP contribution in [0.1, 0.15) is 33.1 Å². The second kappa shape index (κ2) is 7.35. The predicted molar refractivity (Wildman–Crippen MR) is 42.0 cm³/mol. The summed E-state index contributed by atoms with van der Waals surface area (Å²) in [7, 11) is 0. The molecule has 0 saturated carbocycles. The fourth-order valence-corrected chi connectivity index (χ4v) is 1.21. The van der Waals surface area contributed by atoms with Crippen molar-refractivity contribution in [2.24, 2.45) is 0 Å². The fourth-order valence-electron chi connectivity index (χ4n) is 0.402. The van der Waals surface area contributed by atoms with E-state index in [0.717, 1.165) is 0 Å². The molecule has 0 heterocycles. The molecule has 0 aromatic carbocycles. The Labute approximate surface area is 57.1 Å². The maximum absolute atomic E-state index is 2.31. The molecule has 0 aromatic rings. The molecule has 0 atom stereocenters. The van der Waals surface area contributed by atoms with E-state index in [0.29, 0.717) is 0 Å². The topological polar surface area (TPSA) is 0 Å². The van der Waals surface area contributed by atoms with Crippen LogP contribution in [-0.4, -0.2) is 5.75 Å². The second-order valence-corrected chi connectivity index (χ2v) is 2.90. The molecule has 0 spiro atoms. The summed E-state index contributed by atoms with van der Waals surface area (Å²) in [6, 6.07) is 0. The van der Waals surface area contributed by atoms with E-state index in [4.69, 9.17) is 0 Å². The first-order valence-electron chi connectivity index (χ1n) is 3.35. The summed E-state index contributed by atoms with van der Waals surface area (Å²) in [6.07, 6.45) is 3.85. The SMILES string of the molecule is CCC[CH]SCCC. The van der Waals surface area contributed by atoms with Gasteiger partial charge in [-0.25, -0.2) is 0 Å². The highest BCUT2D eigenvalue weighted by atomic mass is 32.2. The van der Waals surface area contributed by atoms with Gasteiger partial charge in [-0.1, -0.05) is 20.3 Å². The van der Waals surface area contributed by atoms with E-state index in [1.165, 1.54) is 25.0 Å². The molecule has 0 rings (SSSR count). The lowest BCUT2D eigenvalue weighted by molar-refractivity contribution is 0.943. The first-order chi connectivity index (χ1) is 3.91. The van der Waals surface area contributed by atoms with Gasteiger partial charge in [0.05, 0.1) is 0 Å². The molecule has 0 amide bonds. The van der Waals surface area contributed by atoms with Crippen LogP contribution in [-0.2, 0) is 0 Å². The van der Waals surface area contributed by atoms with E-state index in [1.807, 2.05) is 11.8 Å². The third kappa shape index (κ3) is 6.35. The molecule has 0 aromatic heterocycles. The van der Waals surface area contributed by atoms with Crippen molar-refractivity contribution in [1.82, 2.24) is 0 Å². The Morgan fingerprint density at radius 3 is 2.50 bits per heavy atom. The van der Waals surface area contributed by atoms with Crippen molar-refractivity contribution >= 4 is 11.8 Å². The van der Waals surface area contributed by atoms with Crippen molar-refractivity contribution in [3.8, 4) is 0 Å². The Morgan fingerprint density at radius 2 is 2.00 bits per heavy atom. The molecule has 49 valence electrons. The summed E-state index contributed by atoms with van der Waals surface area (Å²) < 4.78 is 0. The Balaban J connectivity index is 2.53. The van der Waals surface area contributed by atoms with Crippen LogP contribution in [0.4, 0.5) is 0 Å². The summed E-state index contributed by atoms with van der Waals surface area (Å²) in [4.78, 5) is 0. The normalized spacial score (nSPS) is 9.75. The minimum Gasteiger partial charge on any atom is -0.157 e. The quantitative estimate of drug-likeness (QED) is 0.517. The minimum atomic E-state index is 1.27. The molecule has 1 radical (unpaired) electrons. The summed E-state index contributed by atoms with van der Waals surface area (Å²) in [5.74, 6) is 3.60.